The fourth-order valence-electron chi connectivity index (χ4n) is 2.27. The molecule has 2 nitrogen and oxygen atoms in total. The van der Waals surface area contributed by atoms with Crippen LogP contribution < -0.4 is 8.56 Å². The zero-order valence-corrected chi connectivity index (χ0v) is 12.8. The summed E-state index contributed by atoms with van der Waals surface area (Å²) in [4.78, 5) is 0.947. The standard InChI is InChI=1S/C14H14ClNOS2/c15-11-6-4-10(5-7-11)12-13(17)19-14(18-12)16-8-2-1-3-9-16/h4-7H,1-3,8-9H2/p+1. The van der Waals surface area contributed by atoms with E-state index in [2.05, 4.69) is 4.58 Å². The predicted octanol–water partition coefficient (Wildman–Crippen LogP) is 3.79. The lowest BCUT2D eigenvalue weighted by molar-refractivity contribution is 0.459. The largest absolute Gasteiger partial charge is 0.498 e. The van der Waals surface area contributed by atoms with Gasteiger partial charge in [-0.25, -0.2) is 4.58 Å². The van der Waals surface area contributed by atoms with E-state index in [1.54, 1.807) is 11.3 Å². The number of rotatable bonds is 1. The van der Waals surface area contributed by atoms with Crippen LogP contribution in [-0.2, 0) is 0 Å². The first-order valence-electron chi connectivity index (χ1n) is 6.41. The van der Waals surface area contributed by atoms with Crippen LogP contribution in [0.5, 0.6) is 5.06 Å². The Bertz CT molecular complexity index is 634. The molecule has 2 heterocycles. The molecule has 1 aliphatic rings. The minimum atomic E-state index is 0.410. The average Bonchev–Trinajstić information content (AvgIpc) is 2.83. The third-order valence-corrected chi connectivity index (χ3v) is 6.07. The smallest absolute Gasteiger partial charge is 0.318 e. The van der Waals surface area contributed by atoms with Gasteiger partial charge in [0.1, 0.15) is 13.1 Å². The normalized spacial score (nSPS) is 15.7. The molecular weight excluding hydrogens is 298 g/mol. The zero-order valence-electron chi connectivity index (χ0n) is 10.4. The molecule has 1 aliphatic heterocycles. The quantitative estimate of drug-likeness (QED) is 0.796. The lowest BCUT2D eigenvalue weighted by atomic mass is 10.2. The molecular formula is C14H15ClNOS2+. The van der Waals surface area contributed by atoms with E-state index in [-0.39, 0.29) is 0 Å². The molecule has 3 rings (SSSR count). The van der Waals surface area contributed by atoms with Gasteiger partial charge < -0.3 is 5.11 Å². The molecule has 0 spiro atoms. The number of piperidine rings is 1. The molecule has 0 saturated carbocycles. The highest BCUT2D eigenvalue weighted by Gasteiger charge is 2.17. The second-order valence-electron chi connectivity index (χ2n) is 4.66. The van der Waals surface area contributed by atoms with Crippen molar-refractivity contribution >= 4 is 34.3 Å². The third kappa shape index (κ3) is 2.86. The van der Waals surface area contributed by atoms with Crippen LogP contribution in [0.1, 0.15) is 19.3 Å². The van der Waals surface area contributed by atoms with Crippen molar-refractivity contribution < 1.29 is 5.11 Å². The lowest BCUT2D eigenvalue weighted by Gasteiger charge is -2.07. The molecule has 1 fully saturated rings. The first kappa shape index (κ1) is 13.2. The van der Waals surface area contributed by atoms with Gasteiger partial charge in [0.15, 0.2) is 5.06 Å². The molecule has 1 aromatic heterocycles. The molecule has 5 heteroatoms. The molecule has 0 radical (unpaired) electrons. The van der Waals surface area contributed by atoms with Gasteiger partial charge in [-0.05, 0) is 35.5 Å². The van der Waals surface area contributed by atoms with Gasteiger partial charge in [-0.2, -0.15) is 0 Å². The van der Waals surface area contributed by atoms with Gasteiger partial charge in [0.05, 0.1) is 4.88 Å². The fourth-order valence-corrected chi connectivity index (χ4v) is 4.81. The highest BCUT2D eigenvalue weighted by Crippen LogP contribution is 2.35. The van der Waals surface area contributed by atoms with Gasteiger partial charge in [0.25, 0.3) is 0 Å². The van der Waals surface area contributed by atoms with Crippen molar-refractivity contribution in [2.45, 2.75) is 19.3 Å². The zero-order chi connectivity index (χ0) is 13.2. The van der Waals surface area contributed by atoms with Gasteiger partial charge in [-0.1, -0.05) is 35.1 Å². The van der Waals surface area contributed by atoms with E-state index in [9.17, 15) is 5.11 Å². The second kappa shape index (κ2) is 5.65. The first-order valence-corrected chi connectivity index (χ1v) is 8.42. The summed E-state index contributed by atoms with van der Waals surface area (Å²) in [6.07, 6.45) is 3.83. The highest BCUT2D eigenvalue weighted by atomic mass is 35.5. The summed E-state index contributed by atoms with van der Waals surface area (Å²) in [5.41, 5.74) is 1.03. The molecule has 100 valence electrons. The summed E-state index contributed by atoms with van der Waals surface area (Å²) in [5, 5.41) is 11.3. The van der Waals surface area contributed by atoms with Gasteiger partial charge in [-0.15, -0.1) is 0 Å². The summed E-state index contributed by atoms with van der Waals surface area (Å²) < 4.78 is 3.60. The Hall–Kier alpha value is -0.840. The molecule has 0 aliphatic carbocycles. The van der Waals surface area contributed by atoms with Crippen molar-refractivity contribution in [2.24, 2.45) is 0 Å². The van der Waals surface area contributed by atoms with E-state index < -0.39 is 0 Å². The van der Waals surface area contributed by atoms with Crippen LogP contribution in [0.4, 0.5) is 0 Å². The number of nitrogens with zero attached hydrogens (tertiary/aromatic N) is 1. The molecule has 19 heavy (non-hydrogen) atoms. The molecule has 0 bridgehead atoms. The number of aromatic hydroxyl groups is 1. The Morgan fingerprint density at radius 1 is 1.00 bits per heavy atom. The summed E-state index contributed by atoms with van der Waals surface area (Å²) in [5.74, 6) is 0. The number of halogens is 1. The topological polar surface area (TPSA) is 23.2 Å². The van der Waals surface area contributed by atoms with E-state index in [1.807, 2.05) is 24.3 Å². The van der Waals surface area contributed by atoms with Crippen LogP contribution in [0.15, 0.2) is 24.3 Å². The number of hydrogen-bond acceptors (Lipinski definition) is 3. The Kier molecular flexibility index (Phi) is 3.91. The van der Waals surface area contributed by atoms with Crippen molar-refractivity contribution in [2.75, 3.05) is 13.1 Å². The maximum absolute atomic E-state index is 10.2. The molecule has 0 amide bonds. The van der Waals surface area contributed by atoms with Crippen LogP contribution in [0.3, 0.4) is 0 Å². The minimum Gasteiger partial charge on any atom is -0.498 e. The number of hydrogen-bond donors (Lipinski definition) is 1. The molecule has 2 aromatic rings. The molecule has 1 saturated heterocycles. The molecule has 1 N–H and O–H groups in total. The van der Waals surface area contributed by atoms with E-state index in [0.717, 1.165) is 28.6 Å². The monoisotopic (exact) mass is 312 g/mol. The van der Waals surface area contributed by atoms with Crippen LogP contribution in [0.2, 0.25) is 5.02 Å². The van der Waals surface area contributed by atoms with E-state index in [1.165, 1.54) is 34.6 Å². The average molecular weight is 313 g/mol. The van der Waals surface area contributed by atoms with E-state index in [0.29, 0.717) is 5.06 Å². The minimum absolute atomic E-state index is 0.410. The maximum atomic E-state index is 10.2. The summed E-state index contributed by atoms with van der Waals surface area (Å²) >= 11 is 9.06. The van der Waals surface area contributed by atoms with Crippen molar-refractivity contribution in [3.05, 3.63) is 33.3 Å². The Labute approximate surface area is 125 Å². The van der Waals surface area contributed by atoms with Crippen LogP contribution in [-0.4, -0.2) is 18.2 Å². The van der Waals surface area contributed by atoms with Crippen molar-refractivity contribution in [3.8, 4) is 15.5 Å². The van der Waals surface area contributed by atoms with Crippen LogP contribution >= 0.6 is 34.3 Å². The predicted molar refractivity (Wildman–Crippen MR) is 83.2 cm³/mol. The van der Waals surface area contributed by atoms with Crippen molar-refractivity contribution in [1.29, 1.82) is 0 Å². The van der Waals surface area contributed by atoms with Crippen LogP contribution in [0, 0.1) is 0 Å². The Morgan fingerprint density at radius 3 is 2.37 bits per heavy atom. The molecule has 0 unspecified atom stereocenters. The SMILES string of the molecule is Oc1sc(=[N+]2CCCCC2)sc1-c1ccc(Cl)cc1. The van der Waals surface area contributed by atoms with Gasteiger partial charge in [0.2, 0.25) is 0 Å². The molecule has 0 atom stereocenters. The Balaban J connectivity index is 2.04. The van der Waals surface area contributed by atoms with Crippen LogP contribution in [0.25, 0.3) is 10.4 Å². The summed E-state index contributed by atoms with van der Waals surface area (Å²) in [6, 6.07) is 7.64. The highest BCUT2D eigenvalue weighted by molar-refractivity contribution is 7.30. The summed E-state index contributed by atoms with van der Waals surface area (Å²) in [7, 11) is 0. The fraction of sp³-hybridized carbons (Fsp3) is 0.357. The van der Waals surface area contributed by atoms with Gasteiger partial charge in [0, 0.05) is 17.9 Å². The van der Waals surface area contributed by atoms with Crippen molar-refractivity contribution in [1.82, 2.24) is 4.58 Å². The Morgan fingerprint density at radius 2 is 1.68 bits per heavy atom. The lowest BCUT2D eigenvalue weighted by Crippen LogP contribution is -2.31. The summed E-state index contributed by atoms with van der Waals surface area (Å²) in [6.45, 7) is 2.22. The maximum Gasteiger partial charge on any atom is 0.318 e. The van der Waals surface area contributed by atoms with Gasteiger partial charge in [-0.3, -0.25) is 0 Å². The second-order valence-corrected chi connectivity index (χ2v) is 7.33. The molecule has 1 aromatic carbocycles. The first-order chi connectivity index (χ1) is 9.24. The van der Waals surface area contributed by atoms with Gasteiger partial charge >= 0.3 is 3.98 Å². The number of benzene rings is 1. The third-order valence-electron chi connectivity index (χ3n) is 3.29. The van der Waals surface area contributed by atoms with E-state index in [4.69, 9.17) is 11.6 Å². The van der Waals surface area contributed by atoms with Crippen molar-refractivity contribution in [3.63, 3.8) is 0 Å². The van der Waals surface area contributed by atoms with E-state index >= 15 is 0 Å².